The number of rotatable bonds is 0. The van der Waals surface area contributed by atoms with Crippen LogP contribution in [0.4, 0.5) is 0 Å². The van der Waals surface area contributed by atoms with Gasteiger partial charge in [-0.3, -0.25) is 4.46 Å². The molecule has 0 unspecified atom stereocenters. The molecule has 0 spiro atoms. The van der Waals surface area contributed by atoms with Gasteiger partial charge in [-0.25, -0.2) is 0 Å². The molecule has 6 heavy (non-hydrogen) atoms. The van der Waals surface area contributed by atoms with Gasteiger partial charge in [0.15, 0.2) is 0 Å². The second kappa shape index (κ2) is 10.0. The molecule has 0 aliphatic heterocycles. The Bertz CT molecular complexity index is 37.9. The van der Waals surface area contributed by atoms with Gasteiger partial charge in [-0.05, 0) is 0 Å². The second-order valence-corrected chi connectivity index (χ2v) is 0.848. The van der Waals surface area contributed by atoms with Gasteiger partial charge in [0.05, 0.1) is 0 Å². The molecule has 0 saturated carbocycles. The Hall–Kier alpha value is 1.94. The van der Waals surface area contributed by atoms with Crippen LogP contribution in [0.25, 0.3) is 0 Å². The van der Waals surface area contributed by atoms with E-state index in [0.717, 1.165) is 0 Å². The standard InChI is InChI=1S/Gd.Na.H2O3Si.H/c;;1-4(2)3;/h;;1-2H;/q;+1;;-1. The first-order valence-electron chi connectivity index (χ1n) is 0.651. The predicted octanol–water partition coefficient (Wildman–Crippen LogP) is -4.50. The maximum absolute atomic E-state index is 8.74. The van der Waals surface area contributed by atoms with Crippen LogP contribution in [0.2, 0.25) is 0 Å². The summed E-state index contributed by atoms with van der Waals surface area (Å²) in [6, 6.07) is 0. The third kappa shape index (κ3) is 38.5. The van der Waals surface area contributed by atoms with Gasteiger partial charge in [-0.1, -0.05) is 0 Å². The van der Waals surface area contributed by atoms with Crippen molar-refractivity contribution in [1.82, 2.24) is 0 Å². The van der Waals surface area contributed by atoms with E-state index < -0.39 is 9.17 Å². The van der Waals surface area contributed by atoms with Gasteiger partial charge >= 0.3 is 38.7 Å². The van der Waals surface area contributed by atoms with Crippen LogP contribution in [0.3, 0.4) is 0 Å². The molecule has 34 valence electrons. The van der Waals surface area contributed by atoms with Crippen LogP contribution in [-0.4, -0.2) is 18.8 Å². The summed E-state index contributed by atoms with van der Waals surface area (Å²) in [5.41, 5.74) is 0. The Labute approximate surface area is 92.5 Å². The molecule has 0 heterocycles. The Morgan fingerprint density at radius 3 is 1.50 bits per heavy atom. The zero-order valence-electron chi connectivity index (χ0n) is 4.16. The van der Waals surface area contributed by atoms with E-state index in [1.165, 1.54) is 0 Å². The van der Waals surface area contributed by atoms with Crippen LogP contribution >= 0.6 is 0 Å². The van der Waals surface area contributed by atoms with Crippen molar-refractivity contribution in [1.29, 1.82) is 0 Å². The van der Waals surface area contributed by atoms with Crippen LogP contribution in [0.1, 0.15) is 1.43 Å². The van der Waals surface area contributed by atoms with E-state index >= 15 is 0 Å². The smallest absolute Gasteiger partial charge is 1.00 e. The largest absolute Gasteiger partial charge is 1.00 e. The molecule has 0 amide bonds. The van der Waals surface area contributed by atoms with E-state index in [1.54, 1.807) is 0 Å². The van der Waals surface area contributed by atoms with Crippen LogP contribution in [0, 0.1) is 39.9 Å². The van der Waals surface area contributed by atoms with Gasteiger partial charge in [0.1, 0.15) is 0 Å². The van der Waals surface area contributed by atoms with Crippen molar-refractivity contribution in [3.8, 4) is 0 Å². The van der Waals surface area contributed by atoms with Crippen LogP contribution in [0.15, 0.2) is 0 Å². The first-order valence-corrected chi connectivity index (χ1v) is 1.95. The SMILES string of the molecule is O=[Si](O)O.[Gd].[H-].[Na+]. The molecule has 0 aromatic heterocycles. The molecule has 0 rings (SSSR count). The molecule has 0 atom stereocenters. The van der Waals surface area contributed by atoms with Crippen LogP contribution in [0.5, 0.6) is 0 Å². The molecular weight excluding hydrogens is 256 g/mol. The minimum Gasteiger partial charge on any atom is -1.00 e. The monoisotopic (exact) mass is 260 g/mol. The van der Waals surface area contributed by atoms with Gasteiger partial charge in [-0.15, -0.1) is 0 Å². The summed E-state index contributed by atoms with van der Waals surface area (Å²) < 4.78 is 8.74. The summed E-state index contributed by atoms with van der Waals surface area (Å²) >= 11 is 0. The molecule has 3 nitrogen and oxygen atoms in total. The topological polar surface area (TPSA) is 57.5 Å². The molecule has 0 radical (unpaired) electrons. The van der Waals surface area contributed by atoms with E-state index in [0.29, 0.717) is 0 Å². The van der Waals surface area contributed by atoms with Crippen molar-refractivity contribution in [3.63, 3.8) is 0 Å². The summed E-state index contributed by atoms with van der Waals surface area (Å²) in [6.45, 7) is 0. The van der Waals surface area contributed by atoms with Crippen LogP contribution < -0.4 is 29.6 Å². The summed E-state index contributed by atoms with van der Waals surface area (Å²) in [5, 5.41) is 0. The number of hydrogen-bond donors (Lipinski definition) is 2. The molecular formula is H3GdNaO3Si. The molecule has 0 fully saturated rings. The minimum absolute atomic E-state index is 0. The van der Waals surface area contributed by atoms with E-state index in [1.807, 2.05) is 0 Å². The summed E-state index contributed by atoms with van der Waals surface area (Å²) in [6.07, 6.45) is 0. The third-order valence-corrected chi connectivity index (χ3v) is 0. The molecule has 0 saturated heterocycles. The molecule has 6 heteroatoms. The number of hydrogen-bond acceptors (Lipinski definition) is 1. The first kappa shape index (κ1) is 15.7. The molecule has 0 bridgehead atoms. The average molecular weight is 259 g/mol. The third-order valence-electron chi connectivity index (χ3n) is 0. The maximum atomic E-state index is 8.74. The van der Waals surface area contributed by atoms with Crippen molar-refractivity contribution >= 4 is 9.17 Å². The van der Waals surface area contributed by atoms with E-state index in [-0.39, 0.29) is 70.9 Å². The zero-order chi connectivity index (χ0) is 3.58. The van der Waals surface area contributed by atoms with Gasteiger partial charge in [0.2, 0.25) is 0 Å². The maximum Gasteiger partial charge on any atom is 1.00 e. The normalized spacial score (nSPS) is 4.00. The van der Waals surface area contributed by atoms with Crippen molar-refractivity contribution in [2.24, 2.45) is 0 Å². The van der Waals surface area contributed by atoms with Gasteiger partial charge in [0.25, 0.3) is 0 Å². The zero-order valence-corrected chi connectivity index (χ0v) is 8.42. The quantitative estimate of drug-likeness (QED) is 0.431. The van der Waals surface area contributed by atoms with Crippen molar-refractivity contribution < 1.29 is 85.0 Å². The Kier molecular flexibility index (Phi) is 26.2. The summed E-state index contributed by atoms with van der Waals surface area (Å²) in [7, 11) is -3.13. The Balaban J connectivity index is -0.0000000150. The summed E-state index contributed by atoms with van der Waals surface area (Å²) in [5.74, 6) is 0. The van der Waals surface area contributed by atoms with Gasteiger partial charge in [0, 0.05) is 39.9 Å². The fourth-order valence-corrected chi connectivity index (χ4v) is 0. The first-order chi connectivity index (χ1) is 1.73. The Morgan fingerprint density at radius 1 is 1.50 bits per heavy atom. The molecule has 0 aliphatic carbocycles. The van der Waals surface area contributed by atoms with Crippen molar-refractivity contribution in [2.75, 3.05) is 0 Å². The van der Waals surface area contributed by atoms with Crippen molar-refractivity contribution in [3.05, 3.63) is 0 Å². The fraction of sp³-hybridized carbons (Fsp3) is 0. The van der Waals surface area contributed by atoms with Gasteiger partial charge < -0.3 is 11.0 Å². The fourth-order valence-electron chi connectivity index (χ4n) is 0. The summed E-state index contributed by atoms with van der Waals surface area (Å²) in [4.78, 5) is 14.3. The molecule has 0 aromatic rings. The van der Waals surface area contributed by atoms with Crippen molar-refractivity contribution in [2.45, 2.75) is 0 Å². The average Bonchev–Trinajstić information content (AvgIpc) is 0.811. The van der Waals surface area contributed by atoms with Gasteiger partial charge in [-0.2, -0.15) is 0 Å². The Morgan fingerprint density at radius 2 is 1.50 bits per heavy atom. The molecule has 2 N–H and O–H groups in total. The minimum atomic E-state index is -3.13. The van der Waals surface area contributed by atoms with E-state index in [4.69, 9.17) is 14.1 Å². The molecule has 0 aliphatic rings. The second-order valence-electron chi connectivity index (χ2n) is 0.283. The van der Waals surface area contributed by atoms with Crippen LogP contribution in [-0.2, 0) is 4.46 Å². The predicted molar refractivity (Wildman–Crippen MR) is 12.0 cm³/mol. The van der Waals surface area contributed by atoms with E-state index in [2.05, 4.69) is 0 Å². The molecule has 0 aromatic carbocycles. The van der Waals surface area contributed by atoms with E-state index in [9.17, 15) is 0 Å².